The van der Waals surface area contributed by atoms with Gasteiger partial charge in [-0.3, -0.25) is 9.59 Å². The molecule has 1 aliphatic heterocycles. The number of nitrogens with zero attached hydrogens (tertiary/aromatic N) is 2. The molecule has 3 aliphatic rings. The Morgan fingerprint density at radius 2 is 1.81 bits per heavy atom. The fraction of sp³-hybridized carbons (Fsp3) is 0.900. The van der Waals surface area contributed by atoms with E-state index in [0.29, 0.717) is 19.4 Å². The van der Waals surface area contributed by atoms with Crippen LogP contribution in [-0.2, 0) is 9.59 Å². The number of piperazine rings is 1. The van der Waals surface area contributed by atoms with Crippen molar-refractivity contribution in [2.75, 3.05) is 13.1 Å². The van der Waals surface area contributed by atoms with Gasteiger partial charge in [-0.25, -0.2) is 4.39 Å². The fourth-order valence-corrected chi connectivity index (χ4v) is 5.20. The minimum Gasteiger partial charge on any atom is -0.329 e. The highest BCUT2D eigenvalue weighted by Crippen LogP contribution is 2.36. The fourth-order valence-electron chi connectivity index (χ4n) is 4.95. The maximum absolute atomic E-state index is 13.8. The molecule has 1 saturated heterocycles. The van der Waals surface area contributed by atoms with E-state index in [-0.39, 0.29) is 47.7 Å². The van der Waals surface area contributed by atoms with Crippen LogP contribution >= 0.6 is 11.6 Å². The Morgan fingerprint density at radius 3 is 2.42 bits per heavy atom. The number of carbonyl (C=O) groups excluding carboxylic acids is 2. The molecule has 26 heavy (non-hydrogen) atoms. The van der Waals surface area contributed by atoms with Crippen molar-refractivity contribution in [1.29, 1.82) is 0 Å². The second-order valence-corrected chi connectivity index (χ2v) is 9.31. The summed E-state index contributed by atoms with van der Waals surface area (Å²) in [6, 6.07) is -0.367. The second-order valence-electron chi connectivity index (χ2n) is 8.69. The first-order valence-corrected chi connectivity index (χ1v) is 10.7. The third-order valence-corrected chi connectivity index (χ3v) is 6.88. The summed E-state index contributed by atoms with van der Waals surface area (Å²) in [7, 11) is 0. The average molecular weight is 387 g/mol. The van der Waals surface area contributed by atoms with Crippen molar-refractivity contribution in [2.45, 2.75) is 88.8 Å². The molecule has 0 aromatic carbocycles. The quantitative estimate of drug-likeness (QED) is 0.690. The molecule has 0 spiro atoms. The standard InChI is InChI=1S/C20H32ClFN2O2/c1-13(2)23-12-18(25)24(11-14-4-3-5-17(22)10-14)19(20(23)26)15-6-8-16(21)9-7-15/h13-17,19H,3-12H2,1-2H3. The van der Waals surface area contributed by atoms with Crippen molar-refractivity contribution in [3.05, 3.63) is 0 Å². The van der Waals surface area contributed by atoms with Crippen molar-refractivity contribution >= 4 is 23.4 Å². The van der Waals surface area contributed by atoms with Gasteiger partial charge in [0.05, 0.1) is 0 Å². The normalized spacial score (nSPS) is 36.7. The van der Waals surface area contributed by atoms with Gasteiger partial charge in [0.25, 0.3) is 0 Å². The third-order valence-electron chi connectivity index (χ3n) is 6.44. The number of amides is 2. The van der Waals surface area contributed by atoms with Crippen LogP contribution in [-0.4, -0.2) is 58.3 Å². The van der Waals surface area contributed by atoms with Crippen LogP contribution in [0.25, 0.3) is 0 Å². The number of hydrogen-bond donors (Lipinski definition) is 0. The van der Waals surface area contributed by atoms with Crippen LogP contribution in [0.4, 0.5) is 4.39 Å². The Labute approximate surface area is 161 Å². The summed E-state index contributed by atoms with van der Waals surface area (Å²) in [4.78, 5) is 29.7. The van der Waals surface area contributed by atoms with E-state index in [1.54, 1.807) is 4.90 Å². The van der Waals surface area contributed by atoms with E-state index in [0.717, 1.165) is 38.5 Å². The third kappa shape index (κ3) is 4.35. The summed E-state index contributed by atoms with van der Waals surface area (Å²) in [6.07, 6.45) is 5.79. The Bertz CT molecular complexity index is 522. The second kappa shape index (κ2) is 8.45. The van der Waals surface area contributed by atoms with E-state index < -0.39 is 6.17 Å². The van der Waals surface area contributed by atoms with E-state index in [1.165, 1.54) is 0 Å². The molecule has 2 aliphatic carbocycles. The lowest BCUT2D eigenvalue weighted by Crippen LogP contribution is -2.64. The summed E-state index contributed by atoms with van der Waals surface area (Å²) in [5.74, 6) is 0.447. The van der Waals surface area contributed by atoms with Crippen LogP contribution in [0.5, 0.6) is 0 Å². The molecule has 0 aromatic rings. The van der Waals surface area contributed by atoms with E-state index >= 15 is 0 Å². The summed E-state index contributed by atoms with van der Waals surface area (Å²) >= 11 is 6.26. The van der Waals surface area contributed by atoms with Gasteiger partial charge in [0.1, 0.15) is 18.8 Å². The van der Waals surface area contributed by atoms with Crippen molar-refractivity contribution in [3.63, 3.8) is 0 Å². The van der Waals surface area contributed by atoms with Crippen LogP contribution in [0.2, 0.25) is 0 Å². The molecular weight excluding hydrogens is 355 g/mol. The van der Waals surface area contributed by atoms with Crippen LogP contribution in [0.15, 0.2) is 0 Å². The zero-order chi connectivity index (χ0) is 18.8. The van der Waals surface area contributed by atoms with Gasteiger partial charge in [-0.1, -0.05) is 6.42 Å². The van der Waals surface area contributed by atoms with Crippen molar-refractivity contribution in [2.24, 2.45) is 11.8 Å². The summed E-state index contributed by atoms with van der Waals surface area (Å²) < 4.78 is 13.8. The average Bonchev–Trinajstić information content (AvgIpc) is 2.59. The maximum atomic E-state index is 13.8. The SMILES string of the molecule is CC(C)N1CC(=O)N(CC2CCCC(F)C2)C(C2CCC(Cl)CC2)C1=O. The molecule has 0 bridgehead atoms. The molecule has 1 heterocycles. The van der Waals surface area contributed by atoms with Crippen LogP contribution < -0.4 is 0 Å². The first kappa shape index (κ1) is 19.9. The molecule has 3 atom stereocenters. The predicted octanol–water partition coefficient (Wildman–Crippen LogP) is 3.76. The molecule has 0 aromatic heterocycles. The minimum atomic E-state index is -0.762. The summed E-state index contributed by atoms with van der Waals surface area (Å²) in [6.45, 7) is 4.61. The Balaban J connectivity index is 1.79. The van der Waals surface area contributed by atoms with Crippen molar-refractivity contribution in [1.82, 2.24) is 9.80 Å². The van der Waals surface area contributed by atoms with E-state index in [9.17, 15) is 14.0 Å². The Kier molecular flexibility index (Phi) is 6.47. The molecule has 3 fully saturated rings. The smallest absolute Gasteiger partial charge is 0.246 e. The largest absolute Gasteiger partial charge is 0.329 e. The molecular formula is C20H32ClFN2O2. The molecule has 0 radical (unpaired) electrons. The van der Waals surface area contributed by atoms with Crippen molar-refractivity contribution in [3.8, 4) is 0 Å². The number of alkyl halides is 2. The molecule has 4 nitrogen and oxygen atoms in total. The highest BCUT2D eigenvalue weighted by Gasteiger charge is 2.45. The zero-order valence-corrected chi connectivity index (χ0v) is 16.8. The molecule has 0 N–H and O–H groups in total. The first-order valence-electron chi connectivity index (χ1n) is 10.2. The lowest BCUT2D eigenvalue weighted by atomic mass is 9.80. The summed E-state index contributed by atoms with van der Waals surface area (Å²) in [5.41, 5.74) is 0. The van der Waals surface area contributed by atoms with Crippen LogP contribution in [0, 0.1) is 11.8 Å². The van der Waals surface area contributed by atoms with Gasteiger partial charge < -0.3 is 9.80 Å². The van der Waals surface area contributed by atoms with Gasteiger partial charge in [-0.15, -0.1) is 11.6 Å². The number of hydrogen-bond acceptors (Lipinski definition) is 2. The van der Waals surface area contributed by atoms with E-state index in [4.69, 9.17) is 11.6 Å². The molecule has 2 amide bonds. The molecule has 148 valence electrons. The van der Waals surface area contributed by atoms with E-state index in [2.05, 4.69) is 0 Å². The molecule has 3 rings (SSSR count). The highest BCUT2D eigenvalue weighted by atomic mass is 35.5. The van der Waals surface area contributed by atoms with Crippen LogP contribution in [0.3, 0.4) is 0 Å². The summed E-state index contributed by atoms with van der Waals surface area (Å²) in [5, 5.41) is 0.181. The Morgan fingerprint density at radius 1 is 1.12 bits per heavy atom. The van der Waals surface area contributed by atoms with Gasteiger partial charge in [0.2, 0.25) is 11.8 Å². The number of carbonyl (C=O) groups is 2. The molecule has 2 saturated carbocycles. The lowest BCUT2D eigenvalue weighted by Gasteiger charge is -2.47. The lowest BCUT2D eigenvalue weighted by molar-refractivity contribution is -0.161. The van der Waals surface area contributed by atoms with Gasteiger partial charge >= 0.3 is 0 Å². The van der Waals surface area contributed by atoms with E-state index in [1.807, 2.05) is 18.7 Å². The first-order chi connectivity index (χ1) is 12.4. The van der Waals surface area contributed by atoms with Gasteiger partial charge in [0, 0.05) is 18.0 Å². The molecule has 6 heteroatoms. The minimum absolute atomic E-state index is 0.0189. The van der Waals surface area contributed by atoms with Crippen molar-refractivity contribution < 1.29 is 14.0 Å². The van der Waals surface area contributed by atoms with Gasteiger partial charge in [-0.05, 0) is 70.6 Å². The zero-order valence-electron chi connectivity index (χ0n) is 16.0. The topological polar surface area (TPSA) is 40.6 Å². The predicted molar refractivity (Wildman–Crippen MR) is 101 cm³/mol. The maximum Gasteiger partial charge on any atom is 0.246 e. The van der Waals surface area contributed by atoms with Crippen LogP contribution in [0.1, 0.15) is 65.2 Å². The number of rotatable bonds is 4. The number of halogens is 2. The monoisotopic (exact) mass is 386 g/mol. The van der Waals surface area contributed by atoms with Gasteiger partial charge in [-0.2, -0.15) is 0 Å². The Hall–Kier alpha value is -0.840. The molecule has 3 unspecified atom stereocenters. The highest BCUT2D eigenvalue weighted by molar-refractivity contribution is 6.20. The van der Waals surface area contributed by atoms with Gasteiger partial charge in [0.15, 0.2) is 0 Å².